The number of nitrogens with zero attached hydrogens (tertiary/aromatic N) is 9. The number of fused-ring (bicyclic) bond motifs is 1. The number of nitriles is 1. The number of halogens is 1. The highest BCUT2D eigenvalue weighted by Gasteiger charge is 2.40. The fourth-order valence-electron chi connectivity index (χ4n) is 4.44. The number of benzene rings is 1. The van der Waals surface area contributed by atoms with Crippen LogP contribution in [0.2, 0.25) is 0 Å². The van der Waals surface area contributed by atoms with Crippen LogP contribution in [0.5, 0.6) is 0 Å². The van der Waals surface area contributed by atoms with Gasteiger partial charge in [0, 0.05) is 61.9 Å². The topological polar surface area (TPSA) is 101 Å². The van der Waals surface area contributed by atoms with Crippen LogP contribution in [0.15, 0.2) is 36.9 Å². The van der Waals surface area contributed by atoms with Crippen LogP contribution in [0.25, 0.3) is 16.9 Å². The monoisotopic (exact) mass is 459 g/mol. The molecule has 0 amide bonds. The molecular weight excluding hydrogens is 433 g/mol. The molecule has 1 saturated heterocycles. The highest BCUT2D eigenvalue weighted by molar-refractivity contribution is 5.82. The largest absolute Gasteiger partial charge is 0.370 e. The standard InChI is InChI=1S/C24H26FN9/c1-23(2,3)20-29-22-27-13-17(14-34(22)31-20)18-7-5-6-16(12-26)19(18)33-10-8-24(25,9-11-33)21-30-28-15-32(21)4/h5-7,13-15H,8-11H2,1-4H3. The minimum absolute atomic E-state index is 0.199. The van der Waals surface area contributed by atoms with Crippen molar-refractivity contribution in [3.05, 3.63) is 54.1 Å². The summed E-state index contributed by atoms with van der Waals surface area (Å²) in [5, 5.41) is 22.3. The predicted octanol–water partition coefficient (Wildman–Crippen LogP) is 3.55. The molecule has 34 heavy (non-hydrogen) atoms. The van der Waals surface area contributed by atoms with Gasteiger partial charge in [-0.1, -0.05) is 32.9 Å². The average Bonchev–Trinajstić information content (AvgIpc) is 3.45. The fourth-order valence-corrected chi connectivity index (χ4v) is 4.44. The Labute approximate surface area is 196 Å². The van der Waals surface area contributed by atoms with E-state index >= 15 is 4.39 Å². The van der Waals surface area contributed by atoms with E-state index in [0.717, 1.165) is 16.8 Å². The van der Waals surface area contributed by atoms with Gasteiger partial charge in [-0.25, -0.2) is 13.9 Å². The lowest BCUT2D eigenvalue weighted by Crippen LogP contribution is -2.42. The SMILES string of the molecule is Cn1cnnc1C1(F)CCN(c2c(C#N)cccc2-c2cnc3nc(C(C)(C)C)nn3c2)CC1. The molecule has 4 heterocycles. The molecule has 1 aromatic carbocycles. The summed E-state index contributed by atoms with van der Waals surface area (Å²) in [4.78, 5) is 11.1. The molecule has 0 bridgehead atoms. The molecule has 10 heteroatoms. The maximum Gasteiger partial charge on any atom is 0.252 e. The van der Waals surface area contributed by atoms with Gasteiger partial charge >= 0.3 is 0 Å². The molecule has 174 valence electrons. The van der Waals surface area contributed by atoms with Gasteiger partial charge in [0.2, 0.25) is 0 Å². The number of hydrogen-bond acceptors (Lipinski definition) is 7. The summed E-state index contributed by atoms with van der Waals surface area (Å²) in [6.45, 7) is 7.06. The Morgan fingerprint density at radius 3 is 2.59 bits per heavy atom. The summed E-state index contributed by atoms with van der Waals surface area (Å²) in [6, 6.07) is 7.91. The number of rotatable bonds is 3. The van der Waals surface area contributed by atoms with Crippen LogP contribution >= 0.6 is 0 Å². The molecule has 0 radical (unpaired) electrons. The minimum atomic E-state index is -1.55. The molecule has 5 rings (SSSR count). The molecule has 0 N–H and O–H groups in total. The smallest absolute Gasteiger partial charge is 0.252 e. The zero-order chi connectivity index (χ0) is 24.1. The number of anilines is 1. The highest BCUT2D eigenvalue weighted by Crippen LogP contribution is 2.40. The summed E-state index contributed by atoms with van der Waals surface area (Å²) in [5.74, 6) is 1.58. The molecule has 0 atom stereocenters. The van der Waals surface area contributed by atoms with Crippen LogP contribution in [-0.2, 0) is 18.1 Å². The summed E-state index contributed by atoms with van der Waals surface area (Å²) in [6.07, 6.45) is 5.67. The fraction of sp³-hybridized carbons (Fsp3) is 0.417. The lowest BCUT2D eigenvalue weighted by Gasteiger charge is -2.38. The Hall–Kier alpha value is -3.87. The number of aryl methyl sites for hydroxylation is 1. The Morgan fingerprint density at radius 1 is 1.18 bits per heavy atom. The third kappa shape index (κ3) is 3.67. The normalized spacial score (nSPS) is 16.1. The van der Waals surface area contributed by atoms with Crippen LogP contribution in [0.3, 0.4) is 0 Å². The van der Waals surface area contributed by atoms with E-state index in [1.807, 2.05) is 18.3 Å². The maximum absolute atomic E-state index is 15.7. The number of para-hydroxylation sites is 1. The van der Waals surface area contributed by atoms with Gasteiger partial charge in [-0.15, -0.1) is 15.3 Å². The molecule has 9 nitrogen and oxygen atoms in total. The Kier molecular flexibility index (Phi) is 5.08. The maximum atomic E-state index is 15.7. The third-order valence-electron chi connectivity index (χ3n) is 6.32. The first-order chi connectivity index (χ1) is 16.2. The minimum Gasteiger partial charge on any atom is -0.370 e. The van der Waals surface area contributed by atoms with Gasteiger partial charge in [-0.3, -0.25) is 0 Å². The van der Waals surface area contributed by atoms with Crippen molar-refractivity contribution < 1.29 is 4.39 Å². The third-order valence-corrected chi connectivity index (χ3v) is 6.32. The molecule has 0 saturated carbocycles. The lowest BCUT2D eigenvalue weighted by atomic mass is 9.90. The zero-order valence-electron chi connectivity index (χ0n) is 19.7. The summed E-state index contributed by atoms with van der Waals surface area (Å²) >= 11 is 0. The van der Waals surface area contributed by atoms with Gasteiger partial charge in [0.25, 0.3) is 5.78 Å². The highest BCUT2D eigenvalue weighted by atomic mass is 19.1. The van der Waals surface area contributed by atoms with Crippen LogP contribution in [-0.4, -0.2) is 47.4 Å². The molecule has 1 aliphatic rings. The van der Waals surface area contributed by atoms with Crippen molar-refractivity contribution in [2.45, 2.75) is 44.7 Å². The number of alkyl halides is 1. The van der Waals surface area contributed by atoms with Gasteiger partial charge in [0.1, 0.15) is 12.4 Å². The number of hydrogen-bond donors (Lipinski definition) is 0. The van der Waals surface area contributed by atoms with E-state index in [-0.39, 0.29) is 18.3 Å². The van der Waals surface area contributed by atoms with Crippen LogP contribution in [0, 0.1) is 11.3 Å². The molecule has 0 aliphatic carbocycles. The summed E-state index contributed by atoms with van der Waals surface area (Å²) in [5.41, 5.74) is 1.24. The van der Waals surface area contributed by atoms with Crippen molar-refractivity contribution in [1.29, 1.82) is 5.26 Å². The van der Waals surface area contributed by atoms with Gasteiger partial charge in [0.05, 0.1) is 11.3 Å². The summed E-state index contributed by atoms with van der Waals surface area (Å²) < 4.78 is 19.0. The Bertz CT molecular complexity index is 1400. The van der Waals surface area contributed by atoms with Crippen molar-refractivity contribution in [3.63, 3.8) is 0 Å². The second-order valence-corrected chi connectivity index (χ2v) is 9.80. The predicted molar refractivity (Wildman–Crippen MR) is 125 cm³/mol. The van der Waals surface area contributed by atoms with Crippen molar-refractivity contribution >= 4 is 11.5 Å². The van der Waals surface area contributed by atoms with Gasteiger partial charge < -0.3 is 9.47 Å². The molecule has 3 aromatic heterocycles. The first kappa shape index (κ1) is 21.9. The van der Waals surface area contributed by atoms with E-state index in [2.05, 4.69) is 57.0 Å². The van der Waals surface area contributed by atoms with E-state index in [9.17, 15) is 5.26 Å². The molecule has 0 unspecified atom stereocenters. The Balaban J connectivity index is 1.52. The molecule has 0 spiro atoms. The van der Waals surface area contributed by atoms with E-state index < -0.39 is 5.67 Å². The van der Waals surface area contributed by atoms with Gasteiger partial charge in [0.15, 0.2) is 17.3 Å². The first-order valence-electron chi connectivity index (χ1n) is 11.2. The second-order valence-electron chi connectivity index (χ2n) is 9.80. The van der Waals surface area contributed by atoms with Gasteiger partial charge in [-0.05, 0) is 6.07 Å². The van der Waals surface area contributed by atoms with Gasteiger partial charge in [-0.2, -0.15) is 10.2 Å². The molecule has 4 aromatic rings. The van der Waals surface area contributed by atoms with Crippen LogP contribution in [0.4, 0.5) is 10.1 Å². The number of piperidine rings is 1. The Morgan fingerprint density at radius 2 is 1.94 bits per heavy atom. The molecule has 1 fully saturated rings. The first-order valence-corrected chi connectivity index (χ1v) is 11.2. The summed E-state index contributed by atoms with van der Waals surface area (Å²) in [7, 11) is 1.75. The zero-order valence-corrected chi connectivity index (χ0v) is 19.7. The number of aromatic nitrogens is 7. The van der Waals surface area contributed by atoms with E-state index in [1.165, 1.54) is 6.33 Å². The van der Waals surface area contributed by atoms with Crippen molar-refractivity contribution in [2.75, 3.05) is 18.0 Å². The second kappa shape index (κ2) is 7.87. The molecular formula is C24H26FN9. The molecule has 1 aliphatic heterocycles. The van der Waals surface area contributed by atoms with E-state index in [1.54, 1.807) is 28.4 Å². The van der Waals surface area contributed by atoms with Crippen molar-refractivity contribution in [2.24, 2.45) is 7.05 Å². The lowest BCUT2D eigenvalue weighted by molar-refractivity contribution is 0.109. The van der Waals surface area contributed by atoms with Crippen LogP contribution < -0.4 is 4.90 Å². The van der Waals surface area contributed by atoms with Crippen molar-refractivity contribution in [1.82, 2.24) is 34.3 Å². The van der Waals surface area contributed by atoms with E-state index in [4.69, 9.17) is 0 Å². The van der Waals surface area contributed by atoms with Crippen molar-refractivity contribution in [3.8, 4) is 17.2 Å². The van der Waals surface area contributed by atoms with E-state index in [0.29, 0.717) is 36.1 Å². The average molecular weight is 460 g/mol. The van der Waals surface area contributed by atoms with Crippen LogP contribution in [0.1, 0.15) is 50.8 Å². The quantitative estimate of drug-likeness (QED) is 0.462.